The lowest BCUT2D eigenvalue weighted by atomic mass is 10.1. The highest BCUT2D eigenvalue weighted by molar-refractivity contribution is 5.80. The van der Waals surface area contributed by atoms with Crippen molar-refractivity contribution < 1.29 is 4.52 Å². The van der Waals surface area contributed by atoms with Gasteiger partial charge in [0.15, 0.2) is 5.76 Å². The second-order valence-electron chi connectivity index (χ2n) is 4.57. The lowest BCUT2D eigenvalue weighted by Gasteiger charge is -1.95. The Morgan fingerprint density at radius 1 is 1.00 bits per heavy atom. The third kappa shape index (κ3) is 2.83. The van der Waals surface area contributed by atoms with E-state index in [1.807, 2.05) is 48.5 Å². The maximum absolute atomic E-state index is 5.27. The molecule has 0 saturated heterocycles. The predicted octanol–water partition coefficient (Wildman–Crippen LogP) is 4.40. The summed E-state index contributed by atoms with van der Waals surface area (Å²) >= 11 is 0. The summed E-state index contributed by atoms with van der Waals surface area (Å²) in [6.45, 7) is 2.06. The lowest BCUT2D eigenvalue weighted by molar-refractivity contribution is 0.417. The molecular weight excluding hydrogens is 248 g/mol. The molecule has 0 saturated carbocycles. The number of hydrogen-bond donors (Lipinski definition) is 0. The number of hydrogen-bond acceptors (Lipinski definition) is 3. The Hall–Kier alpha value is -2.68. The molecule has 2 aromatic carbocycles. The van der Waals surface area contributed by atoms with Gasteiger partial charge in [0.25, 0.3) is 0 Å². The van der Waals surface area contributed by atoms with Crippen LogP contribution in [0.4, 0.5) is 5.69 Å². The summed E-state index contributed by atoms with van der Waals surface area (Å²) in [4.78, 5) is 4.34. The van der Waals surface area contributed by atoms with Crippen LogP contribution in [0.1, 0.15) is 11.3 Å². The normalized spacial score (nSPS) is 11.1. The first-order chi connectivity index (χ1) is 9.81. The molecule has 0 aliphatic carbocycles. The van der Waals surface area contributed by atoms with Crippen molar-refractivity contribution in [1.29, 1.82) is 0 Å². The number of rotatable bonds is 3. The molecular formula is C17H14N2O. The first kappa shape index (κ1) is 12.4. The number of aliphatic imine (C=N–C) groups is 1. The van der Waals surface area contributed by atoms with Crippen LogP contribution >= 0.6 is 0 Å². The van der Waals surface area contributed by atoms with Gasteiger partial charge in [0.2, 0.25) is 0 Å². The number of benzene rings is 2. The van der Waals surface area contributed by atoms with Crippen molar-refractivity contribution in [2.75, 3.05) is 0 Å². The van der Waals surface area contributed by atoms with Crippen LogP contribution in [-0.4, -0.2) is 11.4 Å². The van der Waals surface area contributed by atoms with E-state index in [-0.39, 0.29) is 0 Å². The molecule has 0 aliphatic heterocycles. The molecule has 3 nitrogen and oxygen atoms in total. The number of para-hydroxylation sites is 1. The molecule has 0 bridgehead atoms. The molecule has 0 fully saturated rings. The Balaban J connectivity index is 1.80. The highest BCUT2D eigenvalue weighted by Crippen LogP contribution is 2.19. The molecule has 0 radical (unpaired) electrons. The van der Waals surface area contributed by atoms with Gasteiger partial charge >= 0.3 is 0 Å². The van der Waals surface area contributed by atoms with Crippen molar-refractivity contribution in [2.24, 2.45) is 4.99 Å². The third-order valence-electron chi connectivity index (χ3n) is 2.97. The van der Waals surface area contributed by atoms with Gasteiger partial charge in [-0.2, -0.15) is 0 Å². The molecule has 98 valence electrons. The maximum atomic E-state index is 5.27. The number of aryl methyl sites for hydroxylation is 1. The van der Waals surface area contributed by atoms with E-state index in [0.717, 1.165) is 16.9 Å². The summed E-state index contributed by atoms with van der Waals surface area (Å²) < 4.78 is 5.27. The van der Waals surface area contributed by atoms with Gasteiger partial charge in [0.1, 0.15) is 5.69 Å². The summed E-state index contributed by atoms with van der Waals surface area (Å²) in [6, 6.07) is 19.8. The average Bonchev–Trinajstić information content (AvgIpc) is 2.96. The molecule has 0 atom stereocenters. The van der Waals surface area contributed by atoms with E-state index in [4.69, 9.17) is 4.52 Å². The molecule has 1 aromatic heterocycles. The van der Waals surface area contributed by atoms with E-state index < -0.39 is 0 Å². The Bertz CT molecular complexity index is 712. The van der Waals surface area contributed by atoms with Crippen LogP contribution in [0.5, 0.6) is 0 Å². The largest absolute Gasteiger partial charge is 0.355 e. The van der Waals surface area contributed by atoms with Crippen LogP contribution in [0.3, 0.4) is 0 Å². The van der Waals surface area contributed by atoms with Crippen molar-refractivity contribution in [3.8, 4) is 11.3 Å². The lowest BCUT2D eigenvalue weighted by Crippen LogP contribution is -1.77. The van der Waals surface area contributed by atoms with Crippen LogP contribution in [0.15, 0.2) is 70.2 Å². The molecule has 0 aliphatic rings. The minimum Gasteiger partial charge on any atom is -0.355 e. The van der Waals surface area contributed by atoms with Crippen LogP contribution in [-0.2, 0) is 0 Å². The zero-order chi connectivity index (χ0) is 13.8. The summed E-state index contributed by atoms with van der Waals surface area (Å²) in [5, 5.41) is 4.06. The topological polar surface area (TPSA) is 38.4 Å². The van der Waals surface area contributed by atoms with Crippen molar-refractivity contribution in [1.82, 2.24) is 5.16 Å². The van der Waals surface area contributed by atoms with E-state index in [1.54, 1.807) is 6.21 Å². The minimum atomic E-state index is 0.643. The summed E-state index contributed by atoms with van der Waals surface area (Å²) in [5.41, 5.74) is 3.97. The smallest absolute Gasteiger partial charge is 0.178 e. The first-order valence-corrected chi connectivity index (χ1v) is 6.44. The second kappa shape index (κ2) is 5.53. The molecule has 0 N–H and O–H groups in total. The van der Waals surface area contributed by atoms with E-state index in [9.17, 15) is 0 Å². The minimum absolute atomic E-state index is 0.643. The van der Waals surface area contributed by atoms with E-state index in [2.05, 4.69) is 29.2 Å². The molecule has 1 heterocycles. The fourth-order valence-electron chi connectivity index (χ4n) is 1.86. The average molecular weight is 262 g/mol. The zero-order valence-corrected chi connectivity index (χ0v) is 11.2. The van der Waals surface area contributed by atoms with Crippen LogP contribution in [0, 0.1) is 6.92 Å². The van der Waals surface area contributed by atoms with Gasteiger partial charge in [-0.25, -0.2) is 0 Å². The summed E-state index contributed by atoms with van der Waals surface area (Å²) in [6.07, 6.45) is 1.68. The summed E-state index contributed by atoms with van der Waals surface area (Å²) in [7, 11) is 0. The van der Waals surface area contributed by atoms with E-state index in [0.29, 0.717) is 5.76 Å². The Morgan fingerprint density at radius 3 is 2.50 bits per heavy atom. The molecule has 0 spiro atoms. The molecule has 3 rings (SSSR count). The fourth-order valence-corrected chi connectivity index (χ4v) is 1.86. The van der Waals surface area contributed by atoms with Crippen LogP contribution in [0.25, 0.3) is 11.3 Å². The van der Waals surface area contributed by atoms with Gasteiger partial charge in [0, 0.05) is 11.6 Å². The van der Waals surface area contributed by atoms with Gasteiger partial charge in [-0.1, -0.05) is 53.2 Å². The van der Waals surface area contributed by atoms with E-state index in [1.165, 1.54) is 5.56 Å². The highest BCUT2D eigenvalue weighted by atomic mass is 16.5. The number of nitrogens with zero attached hydrogens (tertiary/aromatic N) is 2. The van der Waals surface area contributed by atoms with Crippen molar-refractivity contribution in [3.05, 3.63) is 72.0 Å². The van der Waals surface area contributed by atoms with Crippen LogP contribution < -0.4 is 0 Å². The molecule has 20 heavy (non-hydrogen) atoms. The Labute approximate surface area is 117 Å². The van der Waals surface area contributed by atoms with Crippen molar-refractivity contribution >= 4 is 11.9 Å². The van der Waals surface area contributed by atoms with Crippen LogP contribution in [0.2, 0.25) is 0 Å². The van der Waals surface area contributed by atoms with Crippen molar-refractivity contribution in [2.45, 2.75) is 6.92 Å². The summed E-state index contributed by atoms with van der Waals surface area (Å²) in [5.74, 6) is 0.643. The first-order valence-electron chi connectivity index (χ1n) is 6.44. The molecule has 3 aromatic rings. The second-order valence-corrected chi connectivity index (χ2v) is 4.57. The zero-order valence-electron chi connectivity index (χ0n) is 11.2. The monoisotopic (exact) mass is 262 g/mol. The molecule has 0 amide bonds. The van der Waals surface area contributed by atoms with E-state index >= 15 is 0 Å². The quantitative estimate of drug-likeness (QED) is 0.656. The van der Waals surface area contributed by atoms with Gasteiger partial charge in [-0.15, -0.1) is 0 Å². The molecule has 3 heteroatoms. The van der Waals surface area contributed by atoms with Crippen molar-refractivity contribution in [3.63, 3.8) is 0 Å². The molecule has 0 unspecified atom stereocenters. The SMILES string of the molecule is Cc1ccc(-c2cc(C=Nc3ccccc3)on2)cc1. The maximum Gasteiger partial charge on any atom is 0.178 e. The predicted molar refractivity (Wildman–Crippen MR) is 80.4 cm³/mol. The van der Waals surface area contributed by atoms with Gasteiger partial charge in [0.05, 0.1) is 11.9 Å². The van der Waals surface area contributed by atoms with Gasteiger partial charge < -0.3 is 4.52 Å². The highest BCUT2D eigenvalue weighted by Gasteiger charge is 2.04. The standard InChI is InChI=1S/C17H14N2O/c1-13-7-9-14(10-8-13)17-11-16(20-19-17)12-18-15-5-3-2-4-6-15/h2-12H,1H3. The fraction of sp³-hybridized carbons (Fsp3) is 0.0588. The third-order valence-corrected chi connectivity index (χ3v) is 2.97. The van der Waals surface area contributed by atoms with Gasteiger partial charge in [-0.3, -0.25) is 4.99 Å². The number of aromatic nitrogens is 1. The Kier molecular flexibility index (Phi) is 3.42. The van der Waals surface area contributed by atoms with Gasteiger partial charge in [-0.05, 0) is 19.1 Å². The Morgan fingerprint density at radius 2 is 1.75 bits per heavy atom.